The Balaban J connectivity index is 1.68. The number of aromatic amines is 1. The van der Waals surface area contributed by atoms with Crippen molar-refractivity contribution in [2.75, 3.05) is 32.7 Å². The Morgan fingerprint density at radius 1 is 1.06 bits per heavy atom. The van der Waals surface area contributed by atoms with Gasteiger partial charge in [0, 0.05) is 46.9 Å². The normalized spacial score (nSPS) is 17.2. The van der Waals surface area contributed by atoms with Crippen molar-refractivity contribution in [2.45, 2.75) is 12.0 Å². The molecule has 0 aliphatic carbocycles. The third kappa shape index (κ3) is 4.21. The summed E-state index contributed by atoms with van der Waals surface area (Å²) in [5.41, 5.74) is 3.43. The zero-order chi connectivity index (χ0) is 25.2. The summed E-state index contributed by atoms with van der Waals surface area (Å²) in [5.74, 6) is -0.609. The number of anilines is 1. The zero-order valence-corrected chi connectivity index (χ0v) is 20.7. The fourth-order valence-corrected chi connectivity index (χ4v) is 5.16. The predicted molar refractivity (Wildman–Crippen MR) is 140 cm³/mol. The van der Waals surface area contributed by atoms with E-state index in [0.717, 1.165) is 16.5 Å². The number of halogens is 1. The molecular formula is C28H26ClN3O4. The number of hydrogen-bond donors (Lipinski definition) is 2. The Morgan fingerprint density at radius 3 is 2.64 bits per heavy atom. The molecule has 2 heterocycles. The number of carbonyl (C=O) groups is 2. The first kappa shape index (κ1) is 23.9. The first-order valence-corrected chi connectivity index (χ1v) is 12.0. The van der Waals surface area contributed by atoms with Crippen LogP contribution in [0.2, 0.25) is 5.02 Å². The van der Waals surface area contributed by atoms with E-state index in [1.54, 1.807) is 36.3 Å². The van der Waals surface area contributed by atoms with Gasteiger partial charge in [0.2, 0.25) is 5.91 Å². The first-order chi connectivity index (χ1) is 17.5. The Morgan fingerprint density at radius 2 is 1.83 bits per heavy atom. The van der Waals surface area contributed by atoms with Crippen molar-refractivity contribution in [1.29, 1.82) is 0 Å². The van der Waals surface area contributed by atoms with Gasteiger partial charge in [-0.05, 0) is 35.9 Å². The Labute approximate surface area is 214 Å². The van der Waals surface area contributed by atoms with E-state index in [4.69, 9.17) is 21.1 Å². The summed E-state index contributed by atoms with van der Waals surface area (Å²) in [5, 5.41) is 4.44. The number of fused-ring (bicyclic) bond motifs is 2. The number of rotatable bonds is 7. The average molecular weight is 504 g/mol. The molecule has 4 aromatic rings. The number of benzene rings is 3. The topological polar surface area (TPSA) is 83.7 Å². The number of hydrogen-bond acceptors (Lipinski definition) is 4. The number of aromatic nitrogens is 1. The van der Waals surface area contributed by atoms with Crippen molar-refractivity contribution in [3.05, 3.63) is 94.6 Å². The fourth-order valence-electron chi connectivity index (χ4n) is 4.98. The molecule has 36 heavy (non-hydrogen) atoms. The lowest BCUT2D eigenvalue weighted by molar-refractivity contribution is -0.119. The molecule has 1 aliphatic rings. The molecule has 3 aromatic carbocycles. The highest BCUT2D eigenvalue weighted by atomic mass is 35.5. The molecule has 0 saturated heterocycles. The van der Waals surface area contributed by atoms with Gasteiger partial charge in [0.25, 0.3) is 5.91 Å². The van der Waals surface area contributed by atoms with Crippen LogP contribution < -0.4 is 10.1 Å². The monoisotopic (exact) mass is 503 g/mol. The minimum Gasteiger partial charge on any atom is -0.495 e. The molecule has 1 aromatic heterocycles. The number of nitrogens with zero attached hydrogens (tertiary/aromatic N) is 1. The van der Waals surface area contributed by atoms with E-state index in [1.165, 1.54) is 7.11 Å². The summed E-state index contributed by atoms with van der Waals surface area (Å²) in [7, 11) is 3.13. The quantitative estimate of drug-likeness (QED) is 0.354. The summed E-state index contributed by atoms with van der Waals surface area (Å²) >= 11 is 6.22. The van der Waals surface area contributed by atoms with E-state index in [9.17, 15) is 9.59 Å². The number of amides is 2. The number of H-pyrrole nitrogens is 1. The molecule has 0 fully saturated rings. The van der Waals surface area contributed by atoms with Crippen LogP contribution in [0.4, 0.5) is 5.69 Å². The lowest BCUT2D eigenvalue weighted by Gasteiger charge is -2.41. The van der Waals surface area contributed by atoms with E-state index >= 15 is 0 Å². The lowest BCUT2D eigenvalue weighted by atomic mass is 9.79. The largest absolute Gasteiger partial charge is 0.495 e. The highest BCUT2D eigenvalue weighted by molar-refractivity contribution is 6.31. The lowest BCUT2D eigenvalue weighted by Crippen LogP contribution is -2.47. The number of ether oxygens (including phenoxy) is 2. The van der Waals surface area contributed by atoms with Crippen LogP contribution in [-0.4, -0.2) is 49.1 Å². The summed E-state index contributed by atoms with van der Waals surface area (Å²) in [4.78, 5) is 32.8. The van der Waals surface area contributed by atoms with Gasteiger partial charge in [0.05, 0.1) is 31.4 Å². The highest BCUT2D eigenvalue weighted by Crippen LogP contribution is 2.45. The Kier molecular flexibility index (Phi) is 6.67. The van der Waals surface area contributed by atoms with Gasteiger partial charge in [-0.1, -0.05) is 48.0 Å². The molecule has 8 heteroatoms. The highest BCUT2D eigenvalue weighted by Gasteiger charge is 2.45. The molecule has 184 valence electrons. The number of methoxy groups -OCH3 is 2. The van der Waals surface area contributed by atoms with Crippen LogP contribution in [0, 0.1) is 0 Å². The third-order valence-corrected chi connectivity index (χ3v) is 6.85. The predicted octanol–water partition coefficient (Wildman–Crippen LogP) is 5.40. The van der Waals surface area contributed by atoms with Gasteiger partial charge in [0.15, 0.2) is 0 Å². The Bertz CT molecular complexity index is 1430. The second-order valence-electron chi connectivity index (χ2n) is 8.62. The molecule has 2 amide bonds. The fraction of sp³-hybridized carbons (Fsp3) is 0.214. The number of para-hydroxylation sites is 1. The molecule has 1 aliphatic heterocycles. The summed E-state index contributed by atoms with van der Waals surface area (Å²) in [6.07, 6.45) is 1.89. The molecule has 2 atom stereocenters. The van der Waals surface area contributed by atoms with E-state index in [2.05, 4.69) is 10.3 Å². The molecule has 0 unspecified atom stereocenters. The van der Waals surface area contributed by atoms with Crippen LogP contribution in [0.1, 0.15) is 33.4 Å². The first-order valence-electron chi connectivity index (χ1n) is 11.6. The number of carbonyl (C=O) groups excluding carboxylic acids is 2. The average Bonchev–Trinajstić information content (AvgIpc) is 3.32. The van der Waals surface area contributed by atoms with Crippen molar-refractivity contribution in [2.24, 2.45) is 0 Å². The maximum atomic E-state index is 14.1. The molecule has 0 radical (unpaired) electrons. The van der Waals surface area contributed by atoms with Crippen LogP contribution in [0.5, 0.6) is 5.75 Å². The van der Waals surface area contributed by atoms with Crippen molar-refractivity contribution in [3.8, 4) is 5.75 Å². The van der Waals surface area contributed by atoms with E-state index in [0.29, 0.717) is 40.7 Å². The van der Waals surface area contributed by atoms with Crippen LogP contribution in [-0.2, 0) is 9.53 Å². The smallest absolute Gasteiger partial charge is 0.254 e. The Hall–Kier alpha value is -3.81. The summed E-state index contributed by atoms with van der Waals surface area (Å²) in [6.45, 7) is 0.668. The van der Waals surface area contributed by atoms with E-state index < -0.39 is 12.0 Å². The third-order valence-electron chi connectivity index (χ3n) is 6.62. The van der Waals surface area contributed by atoms with Crippen molar-refractivity contribution in [3.63, 3.8) is 0 Å². The van der Waals surface area contributed by atoms with Gasteiger partial charge in [-0.3, -0.25) is 9.59 Å². The van der Waals surface area contributed by atoms with Crippen LogP contribution in [0.15, 0.2) is 72.9 Å². The van der Waals surface area contributed by atoms with E-state index in [1.807, 2.05) is 48.7 Å². The molecule has 0 spiro atoms. The molecule has 0 bridgehead atoms. The van der Waals surface area contributed by atoms with E-state index in [-0.39, 0.29) is 11.8 Å². The van der Waals surface area contributed by atoms with Gasteiger partial charge in [-0.2, -0.15) is 0 Å². The summed E-state index contributed by atoms with van der Waals surface area (Å²) in [6, 6.07) is 19.6. The second kappa shape index (κ2) is 10.0. The van der Waals surface area contributed by atoms with Crippen LogP contribution >= 0.6 is 11.6 Å². The van der Waals surface area contributed by atoms with Gasteiger partial charge < -0.3 is 24.7 Å². The molecular weight excluding hydrogens is 478 g/mol. The minimum absolute atomic E-state index is 0.137. The SMILES string of the molecule is COCCN1C(=O)c2ccccc2[C@H](C(=O)Nc2cc(Cl)ccc2OC)[C@@H]1c1c[nH]c2ccccc12. The maximum absolute atomic E-state index is 14.1. The molecule has 7 nitrogen and oxygen atoms in total. The number of nitrogens with one attached hydrogen (secondary N) is 2. The van der Waals surface area contributed by atoms with Gasteiger partial charge >= 0.3 is 0 Å². The second-order valence-corrected chi connectivity index (χ2v) is 9.06. The standard InChI is InChI=1S/C28H26ClN3O4/c1-35-14-13-32-26(21-16-30-22-10-6-5-7-18(21)22)25(19-8-3-4-9-20(19)28(32)34)27(33)31-23-15-17(29)11-12-24(23)36-2/h3-12,15-16,25-26,30H,13-14H2,1-2H3,(H,31,33)/t25-,26-/m0/s1. The maximum Gasteiger partial charge on any atom is 0.254 e. The van der Waals surface area contributed by atoms with Gasteiger partial charge in [-0.25, -0.2) is 0 Å². The van der Waals surface area contributed by atoms with Crippen LogP contribution in [0.25, 0.3) is 10.9 Å². The molecule has 5 rings (SSSR count). The summed E-state index contributed by atoms with van der Waals surface area (Å²) < 4.78 is 10.8. The minimum atomic E-state index is -0.696. The van der Waals surface area contributed by atoms with Crippen LogP contribution in [0.3, 0.4) is 0 Å². The van der Waals surface area contributed by atoms with Gasteiger partial charge in [-0.15, -0.1) is 0 Å². The molecule has 2 N–H and O–H groups in total. The van der Waals surface area contributed by atoms with Crippen molar-refractivity contribution in [1.82, 2.24) is 9.88 Å². The van der Waals surface area contributed by atoms with Crippen molar-refractivity contribution < 1.29 is 19.1 Å². The molecule has 0 saturated carbocycles. The van der Waals surface area contributed by atoms with Gasteiger partial charge in [0.1, 0.15) is 5.75 Å². The van der Waals surface area contributed by atoms with Crippen molar-refractivity contribution >= 4 is 40.0 Å². The zero-order valence-electron chi connectivity index (χ0n) is 20.0.